The normalized spacial score (nSPS) is 12.7. The van der Waals surface area contributed by atoms with Gasteiger partial charge in [-0.1, -0.05) is 229 Å². The molecule has 98 heavy (non-hydrogen) atoms. The average molecular weight is 1290 g/mol. The number of fused-ring (bicyclic) bond motifs is 4. The number of rotatable bonds is 18. The van der Waals surface area contributed by atoms with E-state index >= 15 is 9.59 Å². The van der Waals surface area contributed by atoms with Crippen molar-refractivity contribution >= 4 is 78.6 Å². The van der Waals surface area contributed by atoms with E-state index in [2.05, 4.69) is 285 Å². The Labute approximate surface area is 575 Å². The number of benzene rings is 13. The van der Waals surface area contributed by atoms with E-state index in [4.69, 9.17) is 8.83 Å². The largest absolute Gasteiger partial charge is 0.422 e. The molecule has 1 atom stereocenters. The summed E-state index contributed by atoms with van der Waals surface area (Å²) in [4.78, 5) is 36.9. The maximum Gasteiger partial charge on any atom is 0.344 e. The van der Waals surface area contributed by atoms with Gasteiger partial charge in [-0.25, -0.2) is 9.59 Å². The zero-order chi connectivity index (χ0) is 66.1. The van der Waals surface area contributed by atoms with Crippen LogP contribution in [-0.2, 0) is 19.3 Å². The molecule has 2 heterocycles. The van der Waals surface area contributed by atoms with Crippen LogP contribution in [0.25, 0.3) is 77.2 Å². The van der Waals surface area contributed by atoms with Crippen molar-refractivity contribution in [1.29, 1.82) is 0 Å². The first-order chi connectivity index (χ1) is 48.2. The minimum absolute atomic E-state index is 0.0733. The van der Waals surface area contributed by atoms with Crippen molar-refractivity contribution in [2.24, 2.45) is 0 Å². The zero-order valence-electron chi connectivity index (χ0n) is 54.7. The van der Waals surface area contributed by atoms with Gasteiger partial charge in [0.15, 0.2) is 0 Å². The number of hydrogen-bond acceptors (Lipinski definition) is 7. The van der Waals surface area contributed by atoms with Gasteiger partial charge in [0.05, 0.1) is 22.5 Å². The van der Waals surface area contributed by atoms with E-state index in [1.54, 1.807) is 11.8 Å². The molecule has 474 valence electrons. The summed E-state index contributed by atoms with van der Waals surface area (Å²) in [5.41, 5.74) is 20.9. The molecule has 0 radical (unpaired) electrons. The molecule has 0 fully saturated rings. The molecule has 0 amide bonds. The molecule has 1 aliphatic carbocycles. The molecule has 0 saturated carbocycles. The van der Waals surface area contributed by atoms with Crippen LogP contribution >= 0.6 is 11.8 Å². The van der Waals surface area contributed by atoms with Gasteiger partial charge in [-0.05, 0) is 215 Å². The molecule has 16 rings (SSSR count). The van der Waals surface area contributed by atoms with Gasteiger partial charge in [-0.15, -0.1) is 0 Å². The molecule has 13 aromatic carbocycles. The van der Waals surface area contributed by atoms with Gasteiger partial charge < -0.3 is 18.6 Å². The smallest absolute Gasteiger partial charge is 0.344 e. The fourth-order valence-electron chi connectivity index (χ4n) is 14.3. The van der Waals surface area contributed by atoms with Gasteiger partial charge in [-0.2, -0.15) is 0 Å². The molecule has 6 nitrogen and oxygen atoms in total. The summed E-state index contributed by atoms with van der Waals surface area (Å²) < 4.78 is 13.4. The molecule has 1 unspecified atom stereocenters. The molecule has 15 aromatic rings. The summed E-state index contributed by atoms with van der Waals surface area (Å²) in [6, 6.07) is 108. The van der Waals surface area contributed by atoms with Crippen LogP contribution in [0, 0.1) is 13.8 Å². The summed E-state index contributed by atoms with van der Waals surface area (Å²) in [5.74, 6) is -0.0733. The third kappa shape index (κ3) is 12.6. The van der Waals surface area contributed by atoms with E-state index in [0.717, 1.165) is 149 Å². The van der Waals surface area contributed by atoms with E-state index in [-0.39, 0.29) is 5.92 Å². The van der Waals surface area contributed by atoms with Crippen LogP contribution in [0.2, 0.25) is 0 Å². The third-order valence-electron chi connectivity index (χ3n) is 19.4. The molecular weight excluding hydrogens is 1220 g/mol. The highest BCUT2D eigenvalue weighted by Crippen LogP contribution is 2.47. The summed E-state index contributed by atoms with van der Waals surface area (Å²) >= 11 is 1.64. The van der Waals surface area contributed by atoms with Crippen LogP contribution in [-0.4, -0.2) is 0 Å². The van der Waals surface area contributed by atoms with Crippen molar-refractivity contribution in [2.75, 3.05) is 9.80 Å². The van der Waals surface area contributed by atoms with Crippen molar-refractivity contribution in [2.45, 2.75) is 68.1 Å². The van der Waals surface area contributed by atoms with E-state index < -0.39 is 11.3 Å². The van der Waals surface area contributed by atoms with Crippen molar-refractivity contribution < 1.29 is 8.83 Å². The monoisotopic (exact) mass is 1290 g/mol. The lowest BCUT2D eigenvalue weighted by Gasteiger charge is -2.27. The summed E-state index contributed by atoms with van der Waals surface area (Å²) in [6.07, 6.45) is 5.28. The van der Waals surface area contributed by atoms with Crippen LogP contribution in [0.15, 0.2) is 338 Å². The highest BCUT2D eigenvalue weighted by molar-refractivity contribution is 7.99. The van der Waals surface area contributed by atoms with Gasteiger partial charge in [0.25, 0.3) is 0 Å². The van der Waals surface area contributed by atoms with Crippen molar-refractivity contribution in [3.05, 3.63) is 369 Å². The van der Waals surface area contributed by atoms with Crippen LogP contribution in [0.3, 0.4) is 0 Å². The number of anilines is 6. The Balaban J connectivity index is 0.823. The fourth-order valence-corrected chi connectivity index (χ4v) is 15.3. The van der Waals surface area contributed by atoms with E-state index in [1.165, 1.54) is 27.5 Å². The Morgan fingerprint density at radius 2 is 0.878 bits per heavy atom. The molecular formula is C91H70N2O4S. The van der Waals surface area contributed by atoms with Crippen LogP contribution in [0.5, 0.6) is 0 Å². The van der Waals surface area contributed by atoms with Gasteiger partial charge in [0.1, 0.15) is 11.2 Å². The van der Waals surface area contributed by atoms with Crippen molar-refractivity contribution in [3.8, 4) is 44.5 Å². The highest BCUT2D eigenvalue weighted by atomic mass is 32.2. The Morgan fingerprint density at radius 3 is 1.51 bits per heavy atom. The topological polar surface area (TPSA) is 66.9 Å². The van der Waals surface area contributed by atoms with E-state index in [1.807, 2.05) is 48.5 Å². The second-order valence-electron chi connectivity index (χ2n) is 25.8. The van der Waals surface area contributed by atoms with Crippen LogP contribution in [0.4, 0.5) is 34.1 Å². The fraction of sp³-hybridized carbons (Fsp3) is 0.0989. The summed E-state index contributed by atoms with van der Waals surface area (Å²) in [7, 11) is 0. The zero-order valence-corrected chi connectivity index (χ0v) is 55.5. The van der Waals surface area contributed by atoms with E-state index in [9.17, 15) is 0 Å². The number of unbranched alkanes of at least 4 members (excludes halogenated alkanes) is 1. The standard InChI is InChI=1S/C91H70N2O4S/c1-60-30-42-72(43-31-60)92(74-46-36-66(37-47-74)63-19-6-3-7-20-63)76-53-70(26-13-12-18-62-34-35-65-23-14-15-25-69(65)52-62)82-58-83(90(94)96-87(82)55-76)71-41-51-81(84(54-71)80-50-40-68-24-16-17-29-79(68)80)85-59-86-88(97-91(85)95)56-77(57-89(86)98-78-27-10-5-11-28-78)93(73-44-32-61(2)33-45-73)75-48-38-67(39-49-75)64-21-8-4-9-22-64/h3-11,14-17,19-25,27-39,41-49,51-59,80H,12-13,18,26,40,50H2,1-2H3. The number of hydrogen-bond donors (Lipinski definition) is 0. The Hall–Kier alpha value is -11.5. The molecule has 0 bridgehead atoms. The molecule has 7 heteroatoms. The third-order valence-corrected chi connectivity index (χ3v) is 20.5. The lowest BCUT2D eigenvalue weighted by Crippen LogP contribution is -2.12. The van der Waals surface area contributed by atoms with Crippen LogP contribution in [0.1, 0.15) is 64.1 Å². The predicted octanol–water partition coefficient (Wildman–Crippen LogP) is 24.1. The minimum atomic E-state index is -0.446. The van der Waals surface area contributed by atoms with Gasteiger partial charge in [-0.3, -0.25) is 0 Å². The van der Waals surface area contributed by atoms with Gasteiger partial charge in [0, 0.05) is 61.4 Å². The molecule has 2 aromatic heterocycles. The Kier molecular flexibility index (Phi) is 16.9. The number of nitrogens with zero attached hydrogens (tertiary/aromatic N) is 2. The molecule has 1 aliphatic rings. The quantitative estimate of drug-likeness (QED) is 0.0626. The maximum absolute atomic E-state index is 15.3. The first kappa shape index (κ1) is 61.4. The van der Waals surface area contributed by atoms with E-state index in [0.29, 0.717) is 22.3 Å². The minimum Gasteiger partial charge on any atom is -0.422 e. The lowest BCUT2D eigenvalue weighted by molar-refractivity contribution is 0.562. The highest BCUT2D eigenvalue weighted by Gasteiger charge is 2.29. The lowest BCUT2D eigenvalue weighted by atomic mass is 9.85. The van der Waals surface area contributed by atoms with Gasteiger partial charge >= 0.3 is 11.3 Å². The van der Waals surface area contributed by atoms with Gasteiger partial charge in [0.2, 0.25) is 0 Å². The average Bonchev–Trinajstić information content (AvgIpc) is 1.22. The van der Waals surface area contributed by atoms with Crippen molar-refractivity contribution in [3.63, 3.8) is 0 Å². The maximum atomic E-state index is 15.3. The SMILES string of the molecule is Cc1ccc(N(c2ccc(-c3ccccc3)cc2)c2cc(CCCCc3ccc4ccccc4c3)c3cc(-c4ccc(-c5cc6c(Sc7ccccc7)cc(N(c7ccc(C)cc7)c7ccc(-c8ccccc8)cc7)cc6oc5=O)c(C5CCc6ccccc65)c4)c(=O)oc3c2)cc1. The Bertz CT molecular complexity index is 5540. The summed E-state index contributed by atoms with van der Waals surface area (Å²) in [5, 5.41) is 4.19. The number of aryl methyl sites for hydroxylation is 5. The first-order valence-corrected chi connectivity index (χ1v) is 34.7. The summed E-state index contributed by atoms with van der Waals surface area (Å²) in [6.45, 7) is 4.20. The first-order valence-electron chi connectivity index (χ1n) is 33.9. The van der Waals surface area contributed by atoms with Crippen LogP contribution < -0.4 is 21.1 Å². The Morgan fingerprint density at radius 1 is 0.378 bits per heavy atom. The second-order valence-corrected chi connectivity index (χ2v) is 26.9. The second kappa shape index (κ2) is 26.9. The molecule has 0 spiro atoms. The molecule has 0 aliphatic heterocycles. The molecule has 0 N–H and O–H groups in total. The molecule has 0 saturated heterocycles. The van der Waals surface area contributed by atoms with Crippen molar-refractivity contribution in [1.82, 2.24) is 0 Å². The predicted molar refractivity (Wildman–Crippen MR) is 407 cm³/mol.